The Labute approximate surface area is 150 Å². The zero-order valence-corrected chi connectivity index (χ0v) is 14.5. The second-order valence-corrected chi connectivity index (χ2v) is 5.88. The molecule has 5 nitrogen and oxygen atoms in total. The quantitative estimate of drug-likeness (QED) is 0.446. The molecule has 0 unspecified atom stereocenters. The minimum absolute atomic E-state index is 0.216. The van der Waals surface area contributed by atoms with Crippen LogP contribution in [-0.4, -0.2) is 28.9 Å². The monoisotopic (exact) mass is 366 g/mol. The third-order valence-corrected chi connectivity index (χ3v) is 3.91. The standard InChI is InChI=1S/C17H16Cl2N2O3/c1-24-17(23)8-16(22)21(10-12-5-3-2-4-6-12)11-13-9-20-15(19)7-14(13)18/h2-7,9H,8,10-11H2,1H3. The predicted octanol–water partition coefficient (Wildman–Crippen LogP) is 3.48. The lowest BCUT2D eigenvalue weighted by molar-refractivity contribution is -0.147. The fourth-order valence-electron chi connectivity index (χ4n) is 2.10. The fraction of sp³-hybridized carbons (Fsp3) is 0.235. The van der Waals surface area contributed by atoms with E-state index in [0.29, 0.717) is 17.1 Å². The van der Waals surface area contributed by atoms with Gasteiger partial charge in [0, 0.05) is 24.8 Å². The second kappa shape index (κ2) is 8.66. The first-order chi connectivity index (χ1) is 11.5. The molecule has 2 aromatic rings. The number of benzene rings is 1. The minimum Gasteiger partial charge on any atom is -0.469 e. The predicted molar refractivity (Wildman–Crippen MR) is 91.6 cm³/mol. The number of rotatable bonds is 6. The largest absolute Gasteiger partial charge is 0.469 e. The van der Waals surface area contributed by atoms with E-state index in [1.54, 1.807) is 0 Å². The van der Waals surface area contributed by atoms with Gasteiger partial charge in [-0.3, -0.25) is 9.59 Å². The molecular weight excluding hydrogens is 351 g/mol. The number of nitrogens with zero attached hydrogens (tertiary/aromatic N) is 2. The SMILES string of the molecule is COC(=O)CC(=O)N(Cc1ccccc1)Cc1cnc(Cl)cc1Cl. The molecule has 1 aromatic heterocycles. The van der Waals surface area contributed by atoms with Crippen molar-refractivity contribution in [3.05, 3.63) is 63.9 Å². The average molecular weight is 367 g/mol. The van der Waals surface area contributed by atoms with Gasteiger partial charge in [0.2, 0.25) is 5.91 Å². The Morgan fingerprint density at radius 3 is 2.50 bits per heavy atom. The molecular formula is C17H16Cl2N2O3. The van der Waals surface area contributed by atoms with Gasteiger partial charge in [0.15, 0.2) is 0 Å². The number of amides is 1. The summed E-state index contributed by atoms with van der Waals surface area (Å²) in [6.07, 6.45) is 1.19. The molecule has 0 radical (unpaired) electrons. The summed E-state index contributed by atoms with van der Waals surface area (Å²) >= 11 is 12.0. The van der Waals surface area contributed by atoms with E-state index in [2.05, 4.69) is 9.72 Å². The fourth-order valence-corrected chi connectivity index (χ4v) is 2.53. The number of halogens is 2. The van der Waals surface area contributed by atoms with Crippen molar-refractivity contribution in [3.8, 4) is 0 Å². The molecule has 0 aliphatic carbocycles. The van der Waals surface area contributed by atoms with Crippen molar-refractivity contribution in [3.63, 3.8) is 0 Å². The van der Waals surface area contributed by atoms with Crippen LogP contribution in [0.25, 0.3) is 0 Å². The van der Waals surface area contributed by atoms with E-state index >= 15 is 0 Å². The molecule has 1 amide bonds. The lowest BCUT2D eigenvalue weighted by Crippen LogP contribution is -2.32. The number of pyridine rings is 1. The van der Waals surface area contributed by atoms with Crippen molar-refractivity contribution in [2.75, 3.05) is 7.11 Å². The Bertz CT molecular complexity index is 723. The molecule has 0 aliphatic rings. The third kappa shape index (κ3) is 5.22. The molecule has 0 saturated heterocycles. The van der Waals surface area contributed by atoms with Crippen LogP contribution in [0.15, 0.2) is 42.6 Å². The smallest absolute Gasteiger partial charge is 0.315 e. The summed E-state index contributed by atoms with van der Waals surface area (Å²) in [5, 5.41) is 0.693. The summed E-state index contributed by atoms with van der Waals surface area (Å²) < 4.78 is 4.57. The normalized spacial score (nSPS) is 10.3. The van der Waals surface area contributed by atoms with Crippen LogP contribution in [0, 0.1) is 0 Å². The molecule has 7 heteroatoms. The Hall–Kier alpha value is -2.11. The van der Waals surface area contributed by atoms with E-state index in [9.17, 15) is 9.59 Å². The van der Waals surface area contributed by atoms with E-state index < -0.39 is 5.97 Å². The van der Waals surface area contributed by atoms with Crippen LogP contribution in [0.2, 0.25) is 10.2 Å². The number of carbonyl (C=O) groups is 2. The highest BCUT2D eigenvalue weighted by Crippen LogP contribution is 2.21. The summed E-state index contributed by atoms with van der Waals surface area (Å²) in [5.74, 6) is -0.935. The Balaban J connectivity index is 2.21. The lowest BCUT2D eigenvalue weighted by Gasteiger charge is -2.23. The van der Waals surface area contributed by atoms with Crippen molar-refractivity contribution < 1.29 is 14.3 Å². The molecule has 0 atom stereocenters. The van der Waals surface area contributed by atoms with Gasteiger partial charge in [-0.05, 0) is 11.6 Å². The lowest BCUT2D eigenvalue weighted by atomic mass is 10.2. The van der Waals surface area contributed by atoms with Gasteiger partial charge in [-0.25, -0.2) is 4.98 Å². The van der Waals surface area contributed by atoms with E-state index in [-0.39, 0.29) is 24.0 Å². The number of hydrogen-bond donors (Lipinski definition) is 0. The molecule has 2 rings (SSSR count). The summed E-state index contributed by atoms with van der Waals surface area (Å²) in [6.45, 7) is 0.559. The topological polar surface area (TPSA) is 59.5 Å². The van der Waals surface area contributed by atoms with Crippen LogP contribution >= 0.6 is 23.2 Å². The van der Waals surface area contributed by atoms with Gasteiger partial charge in [0.1, 0.15) is 11.6 Å². The number of aromatic nitrogens is 1. The molecule has 0 bridgehead atoms. The van der Waals surface area contributed by atoms with Crippen molar-refractivity contribution in [2.45, 2.75) is 19.5 Å². The van der Waals surface area contributed by atoms with Crippen LogP contribution < -0.4 is 0 Å². The molecule has 126 valence electrons. The van der Waals surface area contributed by atoms with Gasteiger partial charge in [-0.1, -0.05) is 53.5 Å². The molecule has 24 heavy (non-hydrogen) atoms. The molecule has 1 aromatic carbocycles. The van der Waals surface area contributed by atoms with Crippen LogP contribution in [-0.2, 0) is 27.4 Å². The van der Waals surface area contributed by atoms with Crippen LogP contribution in [0.3, 0.4) is 0 Å². The summed E-state index contributed by atoms with van der Waals surface area (Å²) in [5.41, 5.74) is 1.59. The zero-order chi connectivity index (χ0) is 17.5. The first-order valence-corrected chi connectivity index (χ1v) is 7.93. The summed E-state index contributed by atoms with van der Waals surface area (Å²) in [6, 6.07) is 11.0. The van der Waals surface area contributed by atoms with Gasteiger partial charge in [0.05, 0.1) is 12.1 Å². The van der Waals surface area contributed by atoms with E-state index in [4.69, 9.17) is 23.2 Å². The molecule has 1 heterocycles. The summed E-state index contributed by atoms with van der Waals surface area (Å²) in [7, 11) is 1.25. The van der Waals surface area contributed by atoms with Crippen molar-refractivity contribution in [1.82, 2.24) is 9.88 Å². The van der Waals surface area contributed by atoms with Gasteiger partial charge in [-0.2, -0.15) is 0 Å². The van der Waals surface area contributed by atoms with Gasteiger partial charge < -0.3 is 9.64 Å². The highest BCUT2D eigenvalue weighted by atomic mass is 35.5. The minimum atomic E-state index is -0.585. The van der Waals surface area contributed by atoms with Crippen LogP contribution in [0.5, 0.6) is 0 Å². The Morgan fingerprint density at radius 2 is 1.88 bits per heavy atom. The highest BCUT2D eigenvalue weighted by Gasteiger charge is 2.19. The molecule has 0 fully saturated rings. The van der Waals surface area contributed by atoms with E-state index in [0.717, 1.165) is 5.56 Å². The molecule has 0 spiro atoms. The summed E-state index contributed by atoms with van der Waals surface area (Å²) in [4.78, 5) is 29.4. The molecule has 0 aliphatic heterocycles. The second-order valence-electron chi connectivity index (χ2n) is 5.09. The maximum atomic E-state index is 12.4. The van der Waals surface area contributed by atoms with Crippen molar-refractivity contribution >= 4 is 35.1 Å². The third-order valence-electron chi connectivity index (χ3n) is 3.35. The first-order valence-electron chi connectivity index (χ1n) is 7.18. The number of carbonyl (C=O) groups excluding carboxylic acids is 2. The van der Waals surface area contributed by atoms with E-state index in [1.807, 2.05) is 30.3 Å². The van der Waals surface area contributed by atoms with Crippen molar-refractivity contribution in [1.29, 1.82) is 0 Å². The average Bonchev–Trinajstić information content (AvgIpc) is 2.57. The van der Waals surface area contributed by atoms with Gasteiger partial charge in [0.25, 0.3) is 0 Å². The maximum Gasteiger partial charge on any atom is 0.315 e. The molecule has 0 saturated carbocycles. The first kappa shape index (κ1) is 18.2. The van der Waals surface area contributed by atoms with Crippen molar-refractivity contribution in [2.24, 2.45) is 0 Å². The number of methoxy groups -OCH3 is 1. The van der Waals surface area contributed by atoms with Gasteiger partial charge >= 0.3 is 5.97 Å². The number of esters is 1. The maximum absolute atomic E-state index is 12.4. The number of hydrogen-bond acceptors (Lipinski definition) is 4. The highest BCUT2D eigenvalue weighted by molar-refractivity contribution is 6.34. The van der Waals surface area contributed by atoms with Crippen LogP contribution in [0.1, 0.15) is 17.5 Å². The Morgan fingerprint density at radius 1 is 1.17 bits per heavy atom. The molecule has 0 N–H and O–H groups in total. The zero-order valence-electron chi connectivity index (χ0n) is 13.0. The number of ether oxygens (including phenoxy) is 1. The van der Waals surface area contributed by atoms with Crippen LogP contribution in [0.4, 0.5) is 0 Å². The van der Waals surface area contributed by atoms with E-state index in [1.165, 1.54) is 24.3 Å². The Kier molecular flexibility index (Phi) is 6.58. The van der Waals surface area contributed by atoms with Gasteiger partial charge in [-0.15, -0.1) is 0 Å².